The van der Waals surface area contributed by atoms with Gasteiger partial charge in [-0.15, -0.1) is 0 Å². The minimum atomic E-state index is -1.26. The first-order valence-electron chi connectivity index (χ1n) is 15.5. The van der Waals surface area contributed by atoms with E-state index in [1.54, 1.807) is 0 Å². The number of anilines is 1. The van der Waals surface area contributed by atoms with Crippen molar-refractivity contribution in [3.05, 3.63) is 53.6 Å². The van der Waals surface area contributed by atoms with E-state index in [0.29, 0.717) is 6.42 Å². The van der Waals surface area contributed by atoms with Gasteiger partial charge in [-0.2, -0.15) is 0 Å². The zero-order valence-corrected chi connectivity index (χ0v) is 25.0. The summed E-state index contributed by atoms with van der Waals surface area (Å²) in [6, 6.07) is 9.71. The number of carboxylic acids is 2. The Morgan fingerprint density at radius 1 is 0.667 bits per heavy atom. The molecule has 0 aromatic heterocycles. The van der Waals surface area contributed by atoms with Crippen LogP contribution in [0, 0.1) is 0 Å². The molecule has 230 valence electrons. The third-order valence-corrected chi connectivity index (χ3v) is 7.24. The second kappa shape index (κ2) is 20.2. The number of aromatic carboxylic acids is 2. The van der Waals surface area contributed by atoms with E-state index in [1.807, 2.05) is 0 Å². The van der Waals surface area contributed by atoms with E-state index < -0.39 is 17.8 Å². The number of ketones is 1. The minimum Gasteiger partial charge on any atom is -0.478 e. The molecule has 0 saturated heterocycles. The normalized spacial score (nSPS) is 10.8. The van der Waals surface area contributed by atoms with Crippen molar-refractivity contribution in [2.75, 3.05) is 5.32 Å². The molecule has 0 fully saturated rings. The summed E-state index contributed by atoms with van der Waals surface area (Å²) in [4.78, 5) is 47.4. The Kier molecular flexibility index (Phi) is 16.6. The van der Waals surface area contributed by atoms with E-state index in [0.717, 1.165) is 19.3 Å². The van der Waals surface area contributed by atoms with Crippen molar-refractivity contribution < 1.29 is 34.1 Å². The lowest BCUT2D eigenvalue weighted by Gasteiger charge is -2.11. The Bertz CT molecular complexity index is 1130. The highest BCUT2D eigenvalue weighted by molar-refractivity contribution is 6.05. The number of rotatable bonds is 23. The first-order chi connectivity index (χ1) is 20.3. The average molecular weight is 582 g/mol. The zero-order valence-electron chi connectivity index (χ0n) is 25.0. The summed E-state index contributed by atoms with van der Waals surface area (Å²) in [5, 5.41) is 21.2. The van der Waals surface area contributed by atoms with Gasteiger partial charge in [-0.3, -0.25) is 9.59 Å². The number of carbonyl (C=O) groups excluding carboxylic acids is 2. The highest BCUT2D eigenvalue weighted by Gasteiger charge is 2.16. The van der Waals surface area contributed by atoms with Gasteiger partial charge in [0.2, 0.25) is 5.91 Å². The van der Waals surface area contributed by atoms with Crippen LogP contribution >= 0.6 is 0 Å². The smallest absolute Gasteiger partial charge is 0.339 e. The molecule has 0 unspecified atom stereocenters. The first kappa shape index (κ1) is 34.5. The quantitative estimate of drug-likeness (QED) is 0.0881. The van der Waals surface area contributed by atoms with Crippen molar-refractivity contribution in [1.29, 1.82) is 0 Å². The number of carboxylic acid groups (broad SMARTS) is 2. The average Bonchev–Trinajstić information content (AvgIpc) is 2.96. The van der Waals surface area contributed by atoms with Gasteiger partial charge in [-0.1, -0.05) is 96.8 Å². The van der Waals surface area contributed by atoms with E-state index in [1.165, 1.54) is 120 Å². The fourth-order valence-electron chi connectivity index (χ4n) is 4.82. The molecule has 2 aromatic carbocycles. The molecule has 2 rings (SSSR count). The molecule has 3 N–H and O–H groups in total. The Hall–Kier alpha value is -3.68. The van der Waals surface area contributed by atoms with Crippen molar-refractivity contribution in [2.45, 2.75) is 116 Å². The maximum Gasteiger partial charge on any atom is 0.339 e. The summed E-state index contributed by atoms with van der Waals surface area (Å²) in [6.45, 7) is 2.25. The third kappa shape index (κ3) is 14.3. The van der Waals surface area contributed by atoms with Crippen LogP contribution in [0.15, 0.2) is 42.5 Å². The van der Waals surface area contributed by atoms with E-state index in [9.17, 15) is 24.3 Å². The van der Waals surface area contributed by atoms with Gasteiger partial charge in [-0.25, -0.2) is 9.59 Å². The number of carbonyl (C=O) groups is 4. The predicted molar refractivity (Wildman–Crippen MR) is 165 cm³/mol. The molecule has 8 heteroatoms. The number of ether oxygens (including phenoxy) is 1. The van der Waals surface area contributed by atoms with Crippen molar-refractivity contribution in [1.82, 2.24) is 0 Å². The lowest BCUT2D eigenvalue weighted by molar-refractivity contribution is -0.125. The predicted octanol–water partition coefficient (Wildman–Crippen LogP) is 9.03. The number of nitrogens with one attached hydrogen (secondary N) is 1. The molecule has 1 amide bonds. The third-order valence-electron chi connectivity index (χ3n) is 7.24. The zero-order chi connectivity index (χ0) is 30.6. The van der Waals surface area contributed by atoms with Crippen LogP contribution in [0.1, 0.15) is 137 Å². The van der Waals surface area contributed by atoms with Crippen molar-refractivity contribution in [3.63, 3.8) is 0 Å². The van der Waals surface area contributed by atoms with Gasteiger partial charge in [-0.05, 0) is 48.9 Å². The number of hydrogen-bond donors (Lipinski definition) is 3. The molecule has 0 spiro atoms. The summed E-state index contributed by atoms with van der Waals surface area (Å²) >= 11 is 0. The lowest BCUT2D eigenvalue weighted by atomic mass is 10.0. The molecule has 2 aromatic rings. The molecule has 0 aliphatic rings. The van der Waals surface area contributed by atoms with Crippen molar-refractivity contribution >= 4 is 29.3 Å². The minimum absolute atomic E-state index is 0.0350. The fourth-order valence-corrected chi connectivity index (χ4v) is 4.82. The largest absolute Gasteiger partial charge is 0.478 e. The molecule has 0 aliphatic heterocycles. The van der Waals surface area contributed by atoms with Gasteiger partial charge in [0.1, 0.15) is 22.8 Å². The molecule has 0 atom stereocenters. The second-order valence-corrected chi connectivity index (χ2v) is 10.9. The number of amides is 1. The van der Waals surface area contributed by atoms with E-state index >= 15 is 0 Å². The van der Waals surface area contributed by atoms with Gasteiger partial charge in [0.15, 0.2) is 0 Å². The maximum absolute atomic E-state index is 12.4. The molecule has 0 saturated carbocycles. The van der Waals surface area contributed by atoms with Gasteiger partial charge in [0.25, 0.3) is 0 Å². The molecular weight excluding hydrogens is 534 g/mol. The van der Waals surface area contributed by atoms with Crippen molar-refractivity contribution in [3.8, 4) is 11.5 Å². The summed E-state index contributed by atoms with van der Waals surface area (Å²) in [5.41, 5.74) is 0.137. The lowest BCUT2D eigenvalue weighted by Crippen LogP contribution is -2.16. The Labute approximate surface area is 249 Å². The van der Waals surface area contributed by atoms with Crippen LogP contribution < -0.4 is 10.1 Å². The maximum atomic E-state index is 12.4. The molecule has 0 bridgehead atoms. The first-order valence-corrected chi connectivity index (χ1v) is 15.5. The molecule has 8 nitrogen and oxygen atoms in total. The number of hydrogen-bond acceptors (Lipinski definition) is 5. The van der Waals surface area contributed by atoms with Crippen LogP contribution in [-0.2, 0) is 9.59 Å². The molecule has 42 heavy (non-hydrogen) atoms. The Morgan fingerprint density at radius 2 is 1.19 bits per heavy atom. The van der Waals surface area contributed by atoms with E-state index in [4.69, 9.17) is 9.84 Å². The second-order valence-electron chi connectivity index (χ2n) is 10.9. The number of Topliss-reactive ketones (excluding diaryl/α,β-unsaturated/α-hetero) is 1. The van der Waals surface area contributed by atoms with Gasteiger partial charge < -0.3 is 20.3 Å². The van der Waals surface area contributed by atoms with Gasteiger partial charge in [0.05, 0.1) is 12.0 Å². The molecule has 0 aliphatic carbocycles. The standard InChI is InChI=1S/C34H47NO7/c1-2-3-4-5-6-7-8-9-10-11-12-13-14-15-16-17-28(36)25-32(37)35-27-20-23-31(30(24-27)34(40)41)42-29-21-18-26(19-22-29)33(38)39/h18-24H,2-17,25H2,1H3,(H,35,37)(H,38,39)(H,40,41). The Balaban J connectivity index is 1.61. The number of benzene rings is 2. The highest BCUT2D eigenvalue weighted by atomic mass is 16.5. The van der Waals surface area contributed by atoms with Crippen LogP contribution in [0.2, 0.25) is 0 Å². The van der Waals surface area contributed by atoms with Crippen LogP contribution in [0.25, 0.3) is 0 Å². The summed E-state index contributed by atoms with van der Waals surface area (Å²) in [6.07, 6.45) is 18.9. The summed E-state index contributed by atoms with van der Waals surface area (Å²) in [5.74, 6) is -2.66. The molecule has 0 radical (unpaired) electrons. The van der Waals surface area contributed by atoms with Crippen LogP contribution in [0.4, 0.5) is 5.69 Å². The Morgan fingerprint density at radius 3 is 1.69 bits per heavy atom. The van der Waals surface area contributed by atoms with Crippen LogP contribution in [0.3, 0.4) is 0 Å². The van der Waals surface area contributed by atoms with Crippen LogP contribution in [-0.4, -0.2) is 33.8 Å². The van der Waals surface area contributed by atoms with Crippen molar-refractivity contribution in [2.24, 2.45) is 0 Å². The van der Waals surface area contributed by atoms with Crippen LogP contribution in [0.5, 0.6) is 11.5 Å². The number of unbranched alkanes of at least 4 members (excludes halogenated alkanes) is 14. The summed E-state index contributed by atoms with van der Waals surface area (Å²) < 4.78 is 5.61. The van der Waals surface area contributed by atoms with E-state index in [-0.39, 0.29) is 40.5 Å². The highest BCUT2D eigenvalue weighted by Crippen LogP contribution is 2.28. The monoisotopic (exact) mass is 581 g/mol. The molecular formula is C34H47NO7. The van der Waals surface area contributed by atoms with E-state index in [2.05, 4.69) is 12.2 Å². The molecule has 0 heterocycles. The van der Waals surface area contributed by atoms with Gasteiger partial charge in [0, 0.05) is 12.1 Å². The van der Waals surface area contributed by atoms with Gasteiger partial charge >= 0.3 is 11.9 Å². The SMILES string of the molecule is CCCCCCCCCCCCCCCCCC(=O)CC(=O)Nc1ccc(Oc2ccc(C(=O)O)cc2)c(C(=O)O)c1. The fraction of sp³-hybridized carbons (Fsp3) is 0.529. The summed E-state index contributed by atoms with van der Waals surface area (Å²) in [7, 11) is 0. The topological polar surface area (TPSA) is 130 Å².